The molecule has 4 nitrogen and oxygen atoms in total. The molecule has 14 heavy (non-hydrogen) atoms. The summed E-state index contributed by atoms with van der Waals surface area (Å²) in [5, 5.41) is 4.81. The van der Waals surface area contributed by atoms with E-state index >= 15 is 0 Å². The predicted molar refractivity (Wildman–Crippen MR) is 50.5 cm³/mol. The molecule has 2 rings (SSSR count). The van der Waals surface area contributed by atoms with Crippen molar-refractivity contribution in [3.8, 4) is 0 Å². The van der Waals surface area contributed by atoms with Gasteiger partial charge >= 0.3 is 6.03 Å². The molecule has 1 atom stereocenters. The molecule has 1 saturated heterocycles. The maximum atomic E-state index is 11.5. The minimum absolute atomic E-state index is 0.311. The summed E-state index contributed by atoms with van der Waals surface area (Å²) in [5.74, 6) is -0.311. The fraction of sp³-hybridized carbons (Fsp3) is 0.200. The van der Waals surface area contributed by atoms with Crippen molar-refractivity contribution in [2.45, 2.75) is 12.5 Å². The van der Waals surface area contributed by atoms with Crippen LogP contribution in [0.3, 0.4) is 0 Å². The van der Waals surface area contributed by atoms with Crippen molar-refractivity contribution in [1.82, 2.24) is 10.6 Å². The summed E-state index contributed by atoms with van der Waals surface area (Å²) in [5.41, 5.74) is -0.151. The smallest absolute Gasteiger partial charge is 0.320 e. The number of carbonyl (C=O) groups is 2. The standard InChI is InChI=1S/C10H10N2O2/c1-10(7-5-3-2-4-6-7)8(13)11-9(14)12-10/h2-6H,1H3,(H2,11,12,13,14)/i2+2. The van der Waals surface area contributed by atoms with Crippen LogP contribution in [0, 0.1) is 0 Å². The average molecular weight is 192 g/mol. The fourth-order valence-corrected chi connectivity index (χ4v) is 1.52. The lowest BCUT2D eigenvalue weighted by Crippen LogP contribution is -2.40. The minimum Gasteiger partial charge on any atom is -0.320 e. The van der Waals surface area contributed by atoms with Crippen LogP contribution in [-0.2, 0) is 10.3 Å². The topological polar surface area (TPSA) is 58.2 Å². The molecule has 1 aliphatic heterocycles. The first-order valence-electron chi connectivity index (χ1n) is 4.32. The molecule has 1 fully saturated rings. The Labute approximate surface area is 81.3 Å². The summed E-state index contributed by atoms with van der Waals surface area (Å²) in [6.45, 7) is 1.68. The molecule has 3 amide bonds. The molecule has 1 heterocycles. The maximum Gasteiger partial charge on any atom is 0.322 e. The summed E-state index contributed by atoms with van der Waals surface area (Å²) in [4.78, 5) is 22.5. The molecule has 1 aromatic rings. The Bertz CT molecular complexity index is 388. The van der Waals surface area contributed by atoms with Crippen LogP contribution in [0.2, 0.25) is 0 Å². The van der Waals surface area contributed by atoms with Crippen LogP contribution in [0.25, 0.3) is 0 Å². The SMILES string of the molecule is CC1(c2cc[14cH]cc2)NC(=O)NC1=O. The van der Waals surface area contributed by atoms with Gasteiger partial charge in [-0.25, -0.2) is 4.79 Å². The van der Waals surface area contributed by atoms with Gasteiger partial charge in [0.05, 0.1) is 0 Å². The Morgan fingerprint density at radius 3 is 2.43 bits per heavy atom. The van der Waals surface area contributed by atoms with Crippen molar-refractivity contribution in [3.05, 3.63) is 35.9 Å². The Balaban J connectivity index is 2.43. The van der Waals surface area contributed by atoms with Gasteiger partial charge < -0.3 is 5.32 Å². The van der Waals surface area contributed by atoms with E-state index in [1.54, 1.807) is 6.92 Å². The average Bonchev–Trinajstić information content (AvgIpc) is 2.43. The third-order valence-electron chi connectivity index (χ3n) is 2.40. The lowest BCUT2D eigenvalue weighted by Gasteiger charge is -2.20. The number of carbonyl (C=O) groups excluding carboxylic acids is 2. The van der Waals surface area contributed by atoms with Crippen molar-refractivity contribution >= 4 is 11.9 Å². The van der Waals surface area contributed by atoms with E-state index in [4.69, 9.17) is 0 Å². The Morgan fingerprint density at radius 1 is 1.29 bits per heavy atom. The summed E-state index contributed by atoms with van der Waals surface area (Å²) >= 11 is 0. The second-order valence-electron chi connectivity index (χ2n) is 3.40. The molecule has 0 saturated carbocycles. The number of urea groups is 1. The number of hydrogen-bond donors (Lipinski definition) is 2. The molecule has 4 heteroatoms. The lowest BCUT2D eigenvalue weighted by atomic mass is 9.93. The molecule has 0 aliphatic carbocycles. The van der Waals surface area contributed by atoms with E-state index < -0.39 is 11.6 Å². The van der Waals surface area contributed by atoms with Crippen molar-refractivity contribution in [1.29, 1.82) is 0 Å². The van der Waals surface area contributed by atoms with Crippen LogP contribution in [-0.4, -0.2) is 11.9 Å². The molecule has 1 aliphatic rings. The van der Waals surface area contributed by atoms with Gasteiger partial charge in [-0.15, -0.1) is 0 Å². The fourth-order valence-electron chi connectivity index (χ4n) is 1.52. The summed E-state index contributed by atoms with van der Waals surface area (Å²) in [6, 6.07) is 8.70. The predicted octanol–water partition coefficient (Wildman–Crippen LogP) is 0.741. The molecule has 0 bridgehead atoms. The molecule has 1 aromatic carbocycles. The van der Waals surface area contributed by atoms with E-state index in [0.29, 0.717) is 0 Å². The highest BCUT2D eigenvalue weighted by Crippen LogP contribution is 2.23. The van der Waals surface area contributed by atoms with Crippen LogP contribution in [0.1, 0.15) is 12.5 Å². The first-order chi connectivity index (χ1) is 6.63. The van der Waals surface area contributed by atoms with Crippen LogP contribution in [0.15, 0.2) is 30.3 Å². The molecule has 0 aromatic heterocycles. The number of nitrogens with one attached hydrogen (secondary N) is 2. The van der Waals surface area contributed by atoms with Gasteiger partial charge in [0.25, 0.3) is 5.91 Å². The Hall–Kier alpha value is -1.84. The van der Waals surface area contributed by atoms with E-state index in [1.165, 1.54) is 0 Å². The quantitative estimate of drug-likeness (QED) is 0.645. The van der Waals surface area contributed by atoms with Crippen LogP contribution in [0.5, 0.6) is 0 Å². The van der Waals surface area contributed by atoms with E-state index in [1.807, 2.05) is 30.3 Å². The van der Waals surface area contributed by atoms with E-state index in [2.05, 4.69) is 10.6 Å². The van der Waals surface area contributed by atoms with Gasteiger partial charge in [0, 0.05) is 0 Å². The highest BCUT2D eigenvalue weighted by molar-refractivity contribution is 6.07. The summed E-state index contributed by atoms with van der Waals surface area (Å²) in [6.07, 6.45) is 0. The van der Waals surface area contributed by atoms with Gasteiger partial charge in [-0.05, 0) is 12.5 Å². The van der Waals surface area contributed by atoms with E-state index in [0.717, 1.165) is 5.56 Å². The van der Waals surface area contributed by atoms with Gasteiger partial charge in [-0.1, -0.05) is 30.3 Å². The van der Waals surface area contributed by atoms with Crippen molar-refractivity contribution in [2.75, 3.05) is 0 Å². The largest absolute Gasteiger partial charge is 0.322 e. The van der Waals surface area contributed by atoms with Gasteiger partial charge in [0.15, 0.2) is 0 Å². The molecule has 0 spiro atoms. The third kappa shape index (κ3) is 1.16. The molecule has 72 valence electrons. The first kappa shape index (κ1) is 8.74. The van der Waals surface area contributed by atoms with Gasteiger partial charge in [0.1, 0.15) is 5.54 Å². The molecule has 0 radical (unpaired) electrons. The zero-order valence-electron chi connectivity index (χ0n) is 7.70. The van der Waals surface area contributed by atoms with Crippen LogP contribution in [0.4, 0.5) is 4.79 Å². The second kappa shape index (κ2) is 2.83. The number of hydrogen-bond acceptors (Lipinski definition) is 2. The second-order valence-corrected chi connectivity index (χ2v) is 3.40. The Kier molecular flexibility index (Phi) is 1.77. The monoisotopic (exact) mass is 192 g/mol. The van der Waals surface area contributed by atoms with Crippen LogP contribution < -0.4 is 10.6 Å². The summed E-state index contributed by atoms with van der Waals surface area (Å²) < 4.78 is 0. The molecular weight excluding hydrogens is 182 g/mol. The lowest BCUT2D eigenvalue weighted by molar-refractivity contribution is -0.123. The molecule has 2 N–H and O–H groups in total. The molecule has 1 unspecified atom stereocenters. The van der Waals surface area contributed by atoms with E-state index in [9.17, 15) is 9.59 Å². The van der Waals surface area contributed by atoms with Crippen molar-refractivity contribution < 1.29 is 9.59 Å². The minimum atomic E-state index is -0.932. The normalized spacial score (nSPS) is 25.8. The first-order valence-corrected chi connectivity index (χ1v) is 4.32. The van der Waals surface area contributed by atoms with E-state index in [-0.39, 0.29) is 5.91 Å². The number of amides is 3. The maximum absolute atomic E-state index is 11.5. The number of rotatable bonds is 1. The highest BCUT2D eigenvalue weighted by atomic mass is 16.2. The summed E-state index contributed by atoms with van der Waals surface area (Å²) in [7, 11) is 0. The van der Waals surface area contributed by atoms with Crippen LogP contribution >= 0.6 is 0 Å². The van der Waals surface area contributed by atoms with Gasteiger partial charge in [0.2, 0.25) is 0 Å². The van der Waals surface area contributed by atoms with Gasteiger partial charge in [-0.2, -0.15) is 0 Å². The number of benzene rings is 1. The van der Waals surface area contributed by atoms with Crippen molar-refractivity contribution in [2.24, 2.45) is 0 Å². The zero-order chi connectivity index (χ0) is 10.2. The molecular formula is C10H10N2O2. The van der Waals surface area contributed by atoms with Gasteiger partial charge in [-0.3, -0.25) is 10.1 Å². The Morgan fingerprint density at radius 2 is 1.93 bits per heavy atom. The zero-order valence-corrected chi connectivity index (χ0v) is 7.70. The van der Waals surface area contributed by atoms with Crippen molar-refractivity contribution in [3.63, 3.8) is 0 Å². The number of imide groups is 1. The highest BCUT2D eigenvalue weighted by Gasteiger charge is 2.43. The third-order valence-corrected chi connectivity index (χ3v) is 2.40.